The van der Waals surface area contributed by atoms with Crippen molar-refractivity contribution in [2.24, 2.45) is 7.05 Å². The summed E-state index contributed by atoms with van der Waals surface area (Å²) in [7, 11) is 1.89. The minimum Gasteiger partial charge on any atom is -0.333 e. The standard InChI is InChI=1S/C16H20BrN3O/c1-19-14-9-5-4-8-13(14)15(18-19)16(21)20-10-6-2-3-7-12(20)11-17/h4-5,8-9,12H,2-3,6-7,10-11H2,1H3. The van der Waals surface area contributed by atoms with Gasteiger partial charge in [0.15, 0.2) is 5.69 Å². The number of fused-ring (bicyclic) bond motifs is 1. The van der Waals surface area contributed by atoms with E-state index in [1.165, 1.54) is 12.8 Å². The van der Waals surface area contributed by atoms with Crippen LogP contribution in [0.2, 0.25) is 0 Å². The fraction of sp³-hybridized carbons (Fsp3) is 0.500. The molecule has 1 atom stereocenters. The van der Waals surface area contributed by atoms with Crippen LogP contribution in [-0.4, -0.2) is 38.5 Å². The Labute approximate surface area is 133 Å². The molecule has 2 heterocycles. The molecule has 1 amide bonds. The fourth-order valence-electron chi connectivity index (χ4n) is 3.11. The predicted octanol–water partition coefficient (Wildman–Crippen LogP) is 3.35. The van der Waals surface area contributed by atoms with Gasteiger partial charge in [-0.3, -0.25) is 9.48 Å². The van der Waals surface area contributed by atoms with Gasteiger partial charge in [-0.05, 0) is 18.9 Å². The number of aromatic nitrogens is 2. The van der Waals surface area contributed by atoms with Crippen LogP contribution in [0.25, 0.3) is 10.9 Å². The summed E-state index contributed by atoms with van der Waals surface area (Å²) in [5, 5.41) is 6.26. The van der Waals surface area contributed by atoms with E-state index in [9.17, 15) is 4.79 Å². The van der Waals surface area contributed by atoms with E-state index in [2.05, 4.69) is 21.0 Å². The Morgan fingerprint density at radius 1 is 1.33 bits per heavy atom. The highest BCUT2D eigenvalue weighted by Gasteiger charge is 2.28. The maximum Gasteiger partial charge on any atom is 0.275 e. The summed E-state index contributed by atoms with van der Waals surface area (Å²) in [6.45, 7) is 0.833. The van der Waals surface area contributed by atoms with Crippen LogP contribution in [-0.2, 0) is 7.05 Å². The van der Waals surface area contributed by atoms with E-state index in [-0.39, 0.29) is 11.9 Å². The predicted molar refractivity (Wildman–Crippen MR) is 87.8 cm³/mol. The van der Waals surface area contributed by atoms with E-state index in [4.69, 9.17) is 0 Å². The van der Waals surface area contributed by atoms with E-state index >= 15 is 0 Å². The van der Waals surface area contributed by atoms with E-state index in [1.54, 1.807) is 4.68 Å². The van der Waals surface area contributed by atoms with Crippen molar-refractivity contribution in [3.8, 4) is 0 Å². The number of likely N-dealkylation sites (tertiary alicyclic amines) is 1. The highest BCUT2D eigenvalue weighted by atomic mass is 79.9. The number of hydrogen-bond donors (Lipinski definition) is 0. The summed E-state index contributed by atoms with van der Waals surface area (Å²) < 4.78 is 1.80. The summed E-state index contributed by atoms with van der Waals surface area (Å²) in [6.07, 6.45) is 4.56. The quantitative estimate of drug-likeness (QED) is 0.779. The SMILES string of the molecule is Cn1nc(C(=O)N2CCCCCC2CBr)c2ccccc21. The average Bonchev–Trinajstić information content (AvgIpc) is 2.71. The van der Waals surface area contributed by atoms with E-state index < -0.39 is 0 Å². The number of para-hydroxylation sites is 1. The van der Waals surface area contributed by atoms with Gasteiger partial charge in [-0.1, -0.05) is 47.0 Å². The fourth-order valence-corrected chi connectivity index (χ4v) is 3.79. The first-order chi connectivity index (χ1) is 10.2. The van der Waals surface area contributed by atoms with Gasteiger partial charge in [0, 0.05) is 30.4 Å². The maximum atomic E-state index is 13.0. The van der Waals surface area contributed by atoms with E-state index in [0.29, 0.717) is 5.69 Å². The van der Waals surface area contributed by atoms with Crippen molar-refractivity contribution in [1.82, 2.24) is 14.7 Å². The molecule has 1 aliphatic heterocycles. The number of rotatable bonds is 2. The second-order valence-corrected chi connectivity index (χ2v) is 6.29. The van der Waals surface area contributed by atoms with Crippen LogP contribution >= 0.6 is 15.9 Å². The molecule has 1 unspecified atom stereocenters. The lowest BCUT2D eigenvalue weighted by atomic mass is 10.1. The third kappa shape index (κ3) is 2.71. The van der Waals surface area contributed by atoms with Gasteiger partial charge in [-0.2, -0.15) is 5.10 Å². The van der Waals surface area contributed by atoms with Crippen LogP contribution in [0.3, 0.4) is 0 Å². The van der Waals surface area contributed by atoms with Crippen LogP contribution in [0.15, 0.2) is 24.3 Å². The van der Waals surface area contributed by atoms with Crippen molar-refractivity contribution in [3.05, 3.63) is 30.0 Å². The molecule has 2 aromatic rings. The van der Waals surface area contributed by atoms with Crippen molar-refractivity contribution in [2.75, 3.05) is 11.9 Å². The number of carbonyl (C=O) groups excluding carboxylic acids is 1. The minimum absolute atomic E-state index is 0.0677. The highest BCUT2D eigenvalue weighted by Crippen LogP contribution is 2.24. The Hall–Kier alpha value is -1.36. The second kappa shape index (κ2) is 6.18. The molecule has 3 rings (SSSR count). The molecule has 112 valence electrons. The number of benzene rings is 1. The Morgan fingerprint density at radius 2 is 2.14 bits per heavy atom. The van der Waals surface area contributed by atoms with Crippen LogP contribution in [0.5, 0.6) is 0 Å². The number of alkyl halides is 1. The van der Waals surface area contributed by atoms with Crippen LogP contribution in [0.4, 0.5) is 0 Å². The van der Waals surface area contributed by atoms with Crippen molar-refractivity contribution in [1.29, 1.82) is 0 Å². The van der Waals surface area contributed by atoms with Gasteiger partial charge in [0.05, 0.1) is 5.52 Å². The number of carbonyl (C=O) groups is 1. The number of hydrogen-bond acceptors (Lipinski definition) is 2. The zero-order valence-corrected chi connectivity index (χ0v) is 13.8. The van der Waals surface area contributed by atoms with Crippen molar-refractivity contribution >= 4 is 32.7 Å². The third-order valence-electron chi connectivity index (χ3n) is 4.28. The summed E-state index contributed by atoms with van der Waals surface area (Å²) in [6, 6.07) is 8.21. The van der Waals surface area contributed by atoms with Crippen LogP contribution in [0.1, 0.15) is 36.2 Å². The molecule has 1 saturated heterocycles. The van der Waals surface area contributed by atoms with Crippen LogP contribution in [0, 0.1) is 0 Å². The summed E-state index contributed by atoms with van der Waals surface area (Å²) in [4.78, 5) is 15.0. The van der Waals surface area contributed by atoms with Gasteiger partial charge in [-0.15, -0.1) is 0 Å². The van der Waals surface area contributed by atoms with Crippen molar-refractivity contribution in [3.63, 3.8) is 0 Å². The zero-order valence-electron chi connectivity index (χ0n) is 12.3. The largest absolute Gasteiger partial charge is 0.333 e. The lowest BCUT2D eigenvalue weighted by Crippen LogP contribution is -2.41. The molecule has 0 bridgehead atoms. The number of halogens is 1. The Bertz CT molecular complexity index is 652. The van der Waals surface area contributed by atoms with E-state index in [0.717, 1.165) is 35.6 Å². The molecule has 21 heavy (non-hydrogen) atoms. The first kappa shape index (κ1) is 14.6. The molecule has 0 aliphatic carbocycles. The Kier molecular flexibility index (Phi) is 4.29. The topological polar surface area (TPSA) is 38.1 Å². The molecule has 0 radical (unpaired) electrons. The molecule has 0 saturated carbocycles. The molecular formula is C16H20BrN3O. The number of nitrogens with zero attached hydrogens (tertiary/aromatic N) is 3. The lowest BCUT2D eigenvalue weighted by molar-refractivity contribution is 0.0697. The molecule has 0 N–H and O–H groups in total. The van der Waals surface area contributed by atoms with Gasteiger partial charge >= 0.3 is 0 Å². The van der Waals surface area contributed by atoms with Gasteiger partial charge in [-0.25, -0.2) is 0 Å². The molecule has 1 aliphatic rings. The smallest absolute Gasteiger partial charge is 0.275 e. The monoisotopic (exact) mass is 349 g/mol. The highest BCUT2D eigenvalue weighted by molar-refractivity contribution is 9.09. The molecule has 5 heteroatoms. The van der Waals surface area contributed by atoms with Gasteiger partial charge < -0.3 is 4.90 Å². The van der Waals surface area contributed by atoms with Gasteiger partial charge in [0.2, 0.25) is 0 Å². The summed E-state index contributed by atoms with van der Waals surface area (Å²) in [5.74, 6) is 0.0677. The van der Waals surface area contributed by atoms with Gasteiger partial charge in [0.25, 0.3) is 5.91 Å². The first-order valence-corrected chi connectivity index (χ1v) is 8.63. The third-order valence-corrected chi connectivity index (χ3v) is 5.02. The van der Waals surface area contributed by atoms with Crippen LogP contribution < -0.4 is 0 Å². The Morgan fingerprint density at radius 3 is 2.95 bits per heavy atom. The molecule has 1 aromatic carbocycles. The minimum atomic E-state index is 0.0677. The Balaban J connectivity index is 1.99. The average molecular weight is 350 g/mol. The number of aryl methyl sites for hydroxylation is 1. The van der Waals surface area contributed by atoms with Crippen molar-refractivity contribution < 1.29 is 4.79 Å². The first-order valence-electron chi connectivity index (χ1n) is 7.51. The molecule has 1 fully saturated rings. The zero-order chi connectivity index (χ0) is 14.8. The van der Waals surface area contributed by atoms with E-state index in [1.807, 2.05) is 36.2 Å². The summed E-state index contributed by atoms with van der Waals surface area (Å²) in [5.41, 5.74) is 1.59. The summed E-state index contributed by atoms with van der Waals surface area (Å²) >= 11 is 3.56. The molecular weight excluding hydrogens is 330 g/mol. The lowest BCUT2D eigenvalue weighted by Gasteiger charge is -2.28. The molecule has 4 nitrogen and oxygen atoms in total. The van der Waals surface area contributed by atoms with Crippen molar-refractivity contribution in [2.45, 2.75) is 31.7 Å². The molecule has 0 spiro atoms. The molecule has 1 aromatic heterocycles. The van der Waals surface area contributed by atoms with Gasteiger partial charge in [0.1, 0.15) is 0 Å². The normalized spacial score (nSPS) is 19.7. The number of amides is 1. The second-order valence-electron chi connectivity index (χ2n) is 5.65. The maximum absolute atomic E-state index is 13.0.